The predicted octanol–water partition coefficient (Wildman–Crippen LogP) is 5.09. The quantitative estimate of drug-likeness (QED) is 0.697. The van der Waals surface area contributed by atoms with Gasteiger partial charge in [0.25, 0.3) is 0 Å². The van der Waals surface area contributed by atoms with Crippen LogP contribution in [0.1, 0.15) is 40.0 Å². The van der Waals surface area contributed by atoms with E-state index in [0.717, 1.165) is 22.6 Å². The molecule has 2 aliphatic rings. The molecule has 2 aliphatic carbocycles. The van der Waals surface area contributed by atoms with Crippen molar-refractivity contribution in [3.63, 3.8) is 0 Å². The van der Waals surface area contributed by atoms with Crippen molar-refractivity contribution < 1.29 is 4.74 Å². The third-order valence-corrected chi connectivity index (χ3v) is 6.57. The SMILES string of the molecule is CC1(C)[C@H]2CC[C@@]1(C)[C@H](Oc1cc(Cl)ncc1Br)C2. The zero-order valence-corrected chi connectivity index (χ0v) is 13.9. The summed E-state index contributed by atoms with van der Waals surface area (Å²) in [5, 5.41) is 0.478. The van der Waals surface area contributed by atoms with Crippen molar-refractivity contribution in [2.45, 2.75) is 46.1 Å². The Morgan fingerprint density at radius 2 is 2.16 bits per heavy atom. The minimum atomic E-state index is 0.257. The lowest BCUT2D eigenvalue weighted by Crippen LogP contribution is -2.38. The molecule has 0 unspecified atom stereocenters. The van der Waals surface area contributed by atoms with Crippen LogP contribution in [0.2, 0.25) is 5.15 Å². The highest BCUT2D eigenvalue weighted by atomic mass is 79.9. The van der Waals surface area contributed by atoms with Crippen LogP contribution in [0.15, 0.2) is 16.7 Å². The van der Waals surface area contributed by atoms with Crippen LogP contribution >= 0.6 is 27.5 Å². The Balaban J connectivity index is 1.88. The molecule has 1 heterocycles. The van der Waals surface area contributed by atoms with Crippen LogP contribution in [0.25, 0.3) is 0 Å². The molecule has 0 saturated heterocycles. The Kier molecular flexibility index (Phi) is 3.14. The van der Waals surface area contributed by atoms with Crippen molar-refractivity contribution in [2.24, 2.45) is 16.7 Å². The average molecular weight is 345 g/mol. The fraction of sp³-hybridized carbons (Fsp3) is 0.667. The van der Waals surface area contributed by atoms with Crippen LogP contribution < -0.4 is 4.74 Å². The summed E-state index contributed by atoms with van der Waals surface area (Å²) in [7, 11) is 0. The molecule has 0 N–H and O–H groups in total. The van der Waals surface area contributed by atoms with E-state index in [1.165, 1.54) is 12.8 Å². The van der Waals surface area contributed by atoms with Crippen LogP contribution in [-0.2, 0) is 0 Å². The highest BCUT2D eigenvalue weighted by Crippen LogP contribution is 2.66. The van der Waals surface area contributed by atoms with Gasteiger partial charge in [-0.2, -0.15) is 0 Å². The highest BCUT2D eigenvalue weighted by Gasteiger charge is 2.62. The number of hydrogen-bond acceptors (Lipinski definition) is 2. The van der Waals surface area contributed by atoms with Gasteiger partial charge < -0.3 is 4.74 Å². The van der Waals surface area contributed by atoms with Crippen LogP contribution in [0.5, 0.6) is 5.75 Å². The normalized spacial score (nSPS) is 35.6. The second-order valence-electron chi connectivity index (χ2n) is 6.65. The van der Waals surface area contributed by atoms with Crippen molar-refractivity contribution in [3.05, 3.63) is 21.9 Å². The molecule has 1 aromatic heterocycles. The minimum absolute atomic E-state index is 0.257. The molecule has 1 aromatic rings. The van der Waals surface area contributed by atoms with Gasteiger partial charge in [0.15, 0.2) is 0 Å². The van der Waals surface area contributed by atoms with E-state index in [9.17, 15) is 0 Å². The number of halogens is 2. The summed E-state index contributed by atoms with van der Waals surface area (Å²) in [6.07, 6.45) is 5.72. The van der Waals surface area contributed by atoms with E-state index >= 15 is 0 Å². The summed E-state index contributed by atoms with van der Waals surface area (Å²) in [4.78, 5) is 4.05. The van der Waals surface area contributed by atoms with Gasteiger partial charge >= 0.3 is 0 Å². The molecule has 3 rings (SSSR count). The maximum atomic E-state index is 6.29. The topological polar surface area (TPSA) is 22.1 Å². The van der Waals surface area contributed by atoms with Crippen LogP contribution in [0, 0.1) is 16.7 Å². The molecule has 0 aromatic carbocycles. The highest BCUT2D eigenvalue weighted by molar-refractivity contribution is 9.10. The van der Waals surface area contributed by atoms with Crippen LogP contribution in [0.4, 0.5) is 0 Å². The summed E-state index contributed by atoms with van der Waals surface area (Å²) >= 11 is 9.45. The van der Waals surface area contributed by atoms with Crippen LogP contribution in [0.3, 0.4) is 0 Å². The predicted molar refractivity (Wildman–Crippen MR) is 80.6 cm³/mol. The number of hydrogen-bond donors (Lipinski definition) is 0. The first-order valence-electron chi connectivity index (χ1n) is 6.82. The monoisotopic (exact) mass is 343 g/mol. The van der Waals surface area contributed by atoms with E-state index in [-0.39, 0.29) is 11.5 Å². The molecule has 2 bridgehead atoms. The Morgan fingerprint density at radius 1 is 1.42 bits per heavy atom. The third-order valence-electron chi connectivity index (χ3n) is 5.77. The third kappa shape index (κ3) is 1.92. The molecule has 0 aliphatic heterocycles. The van der Waals surface area contributed by atoms with Gasteiger partial charge in [-0.05, 0) is 46.5 Å². The zero-order chi connectivity index (χ0) is 13.8. The van der Waals surface area contributed by atoms with Crippen molar-refractivity contribution in [3.8, 4) is 5.75 Å². The molecular weight excluding hydrogens is 326 g/mol. The summed E-state index contributed by atoms with van der Waals surface area (Å²) in [5.74, 6) is 1.59. The largest absolute Gasteiger partial charge is 0.488 e. The first-order chi connectivity index (χ1) is 8.84. The van der Waals surface area contributed by atoms with Crippen LogP contribution in [-0.4, -0.2) is 11.1 Å². The second kappa shape index (κ2) is 4.36. The Bertz CT molecular complexity index is 519. The first-order valence-corrected chi connectivity index (χ1v) is 7.99. The van der Waals surface area contributed by atoms with Gasteiger partial charge in [0, 0.05) is 17.7 Å². The fourth-order valence-electron chi connectivity index (χ4n) is 3.95. The maximum Gasteiger partial charge on any atom is 0.138 e. The fourth-order valence-corrected chi connectivity index (χ4v) is 4.41. The van der Waals surface area contributed by atoms with E-state index in [4.69, 9.17) is 16.3 Å². The molecule has 2 saturated carbocycles. The molecule has 3 atom stereocenters. The van der Waals surface area contributed by atoms with E-state index in [0.29, 0.717) is 10.6 Å². The van der Waals surface area contributed by atoms with E-state index in [1.54, 1.807) is 12.3 Å². The van der Waals surface area contributed by atoms with E-state index in [2.05, 4.69) is 41.7 Å². The van der Waals surface area contributed by atoms with Gasteiger partial charge in [0.1, 0.15) is 17.0 Å². The average Bonchev–Trinajstić information content (AvgIpc) is 2.67. The van der Waals surface area contributed by atoms with E-state index in [1.807, 2.05) is 0 Å². The number of rotatable bonds is 2. The molecule has 104 valence electrons. The maximum absolute atomic E-state index is 6.29. The minimum Gasteiger partial charge on any atom is -0.488 e. The summed E-state index contributed by atoms with van der Waals surface area (Å²) in [6.45, 7) is 7.16. The number of fused-ring (bicyclic) bond motifs is 2. The summed E-state index contributed by atoms with van der Waals surface area (Å²) < 4.78 is 7.16. The van der Waals surface area contributed by atoms with Crippen molar-refractivity contribution in [1.29, 1.82) is 0 Å². The number of aromatic nitrogens is 1. The number of ether oxygens (including phenoxy) is 1. The summed E-state index contributed by atoms with van der Waals surface area (Å²) in [5.41, 5.74) is 0.619. The van der Waals surface area contributed by atoms with Gasteiger partial charge in [0.2, 0.25) is 0 Å². The number of pyridine rings is 1. The smallest absolute Gasteiger partial charge is 0.138 e. The van der Waals surface area contributed by atoms with Crippen molar-refractivity contribution in [2.75, 3.05) is 0 Å². The van der Waals surface area contributed by atoms with Crippen molar-refractivity contribution in [1.82, 2.24) is 4.98 Å². The zero-order valence-electron chi connectivity index (χ0n) is 11.5. The van der Waals surface area contributed by atoms with Gasteiger partial charge in [-0.25, -0.2) is 4.98 Å². The molecule has 0 spiro atoms. The molecule has 19 heavy (non-hydrogen) atoms. The molecule has 2 fully saturated rings. The first kappa shape index (κ1) is 13.7. The lowest BCUT2D eigenvalue weighted by molar-refractivity contribution is 0.0296. The standard InChI is InChI=1S/C15H19BrClNO/c1-14(2)9-4-5-15(14,3)12(6-9)19-11-7-13(17)18-8-10(11)16/h7-9,12H,4-6H2,1-3H3/t9-,12+,15-/m0/s1. The Labute approximate surface area is 128 Å². The molecule has 2 nitrogen and oxygen atoms in total. The van der Waals surface area contributed by atoms with Gasteiger partial charge in [-0.3, -0.25) is 0 Å². The number of nitrogens with zero attached hydrogens (tertiary/aromatic N) is 1. The molecular formula is C15H19BrClNO. The van der Waals surface area contributed by atoms with Gasteiger partial charge in [-0.15, -0.1) is 0 Å². The van der Waals surface area contributed by atoms with Gasteiger partial charge in [-0.1, -0.05) is 32.4 Å². The van der Waals surface area contributed by atoms with Gasteiger partial charge in [0.05, 0.1) is 4.47 Å². The molecule has 0 radical (unpaired) electrons. The summed E-state index contributed by atoms with van der Waals surface area (Å²) in [6, 6.07) is 1.80. The Hall–Kier alpha value is -0.280. The Morgan fingerprint density at radius 3 is 2.74 bits per heavy atom. The lowest BCUT2D eigenvalue weighted by atomic mass is 9.70. The lowest BCUT2D eigenvalue weighted by Gasteiger charge is -2.39. The molecule has 4 heteroatoms. The van der Waals surface area contributed by atoms with Crippen molar-refractivity contribution >= 4 is 27.5 Å². The van der Waals surface area contributed by atoms with E-state index < -0.39 is 0 Å². The second-order valence-corrected chi connectivity index (χ2v) is 7.90. The molecule has 0 amide bonds.